The van der Waals surface area contributed by atoms with Crippen molar-refractivity contribution in [3.05, 3.63) is 60.2 Å². The van der Waals surface area contributed by atoms with E-state index in [2.05, 4.69) is 79.6 Å². The zero-order valence-corrected chi connectivity index (χ0v) is 21.8. The van der Waals surface area contributed by atoms with Crippen LogP contribution in [0.5, 0.6) is 0 Å². The highest BCUT2D eigenvalue weighted by molar-refractivity contribution is 6.89. The lowest BCUT2D eigenvalue weighted by Crippen LogP contribution is -2.41. The first-order chi connectivity index (χ1) is 15.8. The van der Waals surface area contributed by atoms with Crippen LogP contribution in [-0.2, 0) is 25.5 Å². The van der Waals surface area contributed by atoms with Crippen molar-refractivity contribution in [3.63, 3.8) is 0 Å². The fourth-order valence-electron chi connectivity index (χ4n) is 3.97. The predicted octanol–water partition coefficient (Wildman–Crippen LogP) is 4.80. The minimum atomic E-state index is -1.41. The molecule has 0 bridgehead atoms. The van der Waals surface area contributed by atoms with Crippen molar-refractivity contribution in [3.8, 4) is 0 Å². The van der Waals surface area contributed by atoms with E-state index in [9.17, 15) is 9.59 Å². The minimum Gasteiger partial charge on any atom is -0.465 e. The van der Waals surface area contributed by atoms with E-state index in [4.69, 9.17) is 9.47 Å². The summed E-state index contributed by atoms with van der Waals surface area (Å²) < 4.78 is 10.1. The Kier molecular flexibility index (Phi) is 10.6. The maximum absolute atomic E-state index is 12.2. The minimum absolute atomic E-state index is 0.251. The molecule has 2 aromatic rings. The summed E-state index contributed by atoms with van der Waals surface area (Å²) in [5.74, 6) is -1.88. The van der Waals surface area contributed by atoms with Gasteiger partial charge in [-0.2, -0.15) is 0 Å². The van der Waals surface area contributed by atoms with Gasteiger partial charge in [0.1, 0.15) is 0 Å². The summed E-state index contributed by atoms with van der Waals surface area (Å²) in [5.41, 5.74) is 2.26. The summed E-state index contributed by atoms with van der Waals surface area (Å²) in [6, 6.07) is 20.5. The number of anilines is 1. The van der Waals surface area contributed by atoms with Gasteiger partial charge in [-0.05, 0) is 50.8 Å². The van der Waals surface area contributed by atoms with Gasteiger partial charge in [-0.3, -0.25) is 9.59 Å². The topological polar surface area (TPSA) is 55.8 Å². The molecule has 180 valence electrons. The summed E-state index contributed by atoms with van der Waals surface area (Å²) in [6.45, 7) is 9.87. The van der Waals surface area contributed by atoms with Gasteiger partial charge in [-0.1, -0.05) is 66.8 Å². The van der Waals surface area contributed by atoms with Gasteiger partial charge in [0, 0.05) is 19.3 Å². The van der Waals surface area contributed by atoms with Crippen LogP contribution in [0.1, 0.15) is 32.3 Å². The number of hydrogen-bond acceptors (Lipinski definition) is 5. The molecule has 0 fully saturated rings. The number of rotatable bonds is 13. The average molecular weight is 470 g/mol. The maximum atomic E-state index is 12.2. The quantitative estimate of drug-likeness (QED) is 0.240. The molecular weight excluding hydrogens is 430 g/mol. The third-order valence-electron chi connectivity index (χ3n) is 6.09. The monoisotopic (exact) mass is 469 g/mol. The van der Waals surface area contributed by atoms with Crippen LogP contribution in [0.25, 0.3) is 0 Å². The van der Waals surface area contributed by atoms with E-state index >= 15 is 0 Å². The van der Waals surface area contributed by atoms with E-state index < -0.39 is 25.9 Å². The molecule has 2 aromatic carbocycles. The lowest BCUT2D eigenvalue weighted by Gasteiger charge is -2.25. The summed E-state index contributed by atoms with van der Waals surface area (Å²) >= 11 is 0. The molecule has 0 saturated heterocycles. The Bertz CT molecular complexity index is 849. The van der Waals surface area contributed by atoms with E-state index in [1.807, 2.05) is 0 Å². The highest BCUT2D eigenvalue weighted by Gasteiger charge is 2.29. The van der Waals surface area contributed by atoms with Crippen molar-refractivity contribution in [2.24, 2.45) is 5.92 Å². The molecule has 33 heavy (non-hydrogen) atoms. The number of esters is 2. The van der Waals surface area contributed by atoms with Crippen molar-refractivity contribution >= 4 is 30.9 Å². The summed E-state index contributed by atoms with van der Waals surface area (Å²) in [7, 11) is 0.718. The number of aryl methyl sites for hydroxylation is 1. The number of nitrogens with zero attached hydrogens (tertiary/aromatic N) is 1. The second-order valence-corrected chi connectivity index (χ2v) is 13.9. The highest BCUT2D eigenvalue weighted by atomic mass is 28.3. The fourth-order valence-corrected chi connectivity index (χ4v) is 6.39. The van der Waals surface area contributed by atoms with Gasteiger partial charge in [0.25, 0.3) is 0 Å². The van der Waals surface area contributed by atoms with Crippen molar-refractivity contribution in [1.82, 2.24) is 0 Å². The van der Waals surface area contributed by atoms with Crippen molar-refractivity contribution in [2.45, 2.75) is 52.2 Å². The van der Waals surface area contributed by atoms with Crippen LogP contribution < -0.4 is 10.1 Å². The molecule has 0 saturated carbocycles. The van der Waals surface area contributed by atoms with E-state index in [-0.39, 0.29) is 13.2 Å². The third-order valence-corrected chi connectivity index (χ3v) is 9.59. The van der Waals surface area contributed by atoms with Crippen LogP contribution in [0, 0.1) is 5.92 Å². The molecule has 0 aliphatic rings. The SMILES string of the molecule is CCOC(=O)C(CCc1ccc(N(C)CCC[Si](C)(C)c2ccccc2)cc1)C(=O)OCC. The van der Waals surface area contributed by atoms with E-state index in [0.29, 0.717) is 12.8 Å². The second kappa shape index (κ2) is 13.2. The zero-order chi connectivity index (χ0) is 24.3. The molecule has 0 aliphatic heterocycles. The molecule has 2 rings (SSSR count). The van der Waals surface area contributed by atoms with Gasteiger partial charge in [0.15, 0.2) is 5.92 Å². The third kappa shape index (κ3) is 8.35. The molecule has 5 nitrogen and oxygen atoms in total. The van der Waals surface area contributed by atoms with Crippen LogP contribution >= 0.6 is 0 Å². The Balaban J connectivity index is 1.87. The van der Waals surface area contributed by atoms with Crippen LogP contribution in [0.15, 0.2) is 54.6 Å². The fraction of sp³-hybridized carbons (Fsp3) is 0.481. The van der Waals surface area contributed by atoms with Crippen LogP contribution in [0.4, 0.5) is 5.69 Å². The Morgan fingerprint density at radius 3 is 2.03 bits per heavy atom. The number of hydrogen-bond donors (Lipinski definition) is 0. The van der Waals surface area contributed by atoms with Crippen LogP contribution in [0.3, 0.4) is 0 Å². The predicted molar refractivity (Wildman–Crippen MR) is 138 cm³/mol. The lowest BCUT2D eigenvalue weighted by atomic mass is 9.99. The molecule has 0 spiro atoms. The number of ether oxygens (including phenoxy) is 2. The van der Waals surface area contributed by atoms with Crippen molar-refractivity contribution in [2.75, 3.05) is 31.7 Å². The molecule has 0 unspecified atom stereocenters. The molecule has 0 heterocycles. The van der Waals surface area contributed by atoms with Crippen LogP contribution in [-0.4, -0.2) is 46.8 Å². The Morgan fingerprint density at radius 2 is 1.48 bits per heavy atom. The van der Waals surface area contributed by atoms with E-state index in [1.54, 1.807) is 13.8 Å². The first kappa shape index (κ1) is 26.6. The van der Waals surface area contributed by atoms with E-state index in [1.165, 1.54) is 16.9 Å². The molecule has 0 aromatic heterocycles. The molecule has 0 N–H and O–H groups in total. The molecule has 0 amide bonds. The average Bonchev–Trinajstić information content (AvgIpc) is 2.80. The molecule has 0 aliphatic carbocycles. The number of carbonyl (C=O) groups is 2. The first-order valence-electron chi connectivity index (χ1n) is 12.0. The number of benzene rings is 2. The van der Waals surface area contributed by atoms with Gasteiger partial charge in [0.2, 0.25) is 0 Å². The Labute approximate surface area is 200 Å². The molecular formula is C27H39NO4Si. The smallest absolute Gasteiger partial charge is 0.320 e. The molecule has 6 heteroatoms. The lowest BCUT2D eigenvalue weighted by molar-refractivity contribution is -0.161. The van der Waals surface area contributed by atoms with Gasteiger partial charge in [-0.25, -0.2) is 0 Å². The first-order valence-corrected chi connectivity index (χ1v) is 15.2. The molecule has 0 atom stereocenters. The second-order valence-electron chi connectivity index (χ2n) is 9.04. The summed E-state index contributed by atoms with van der Waals surface area (Å²) in [5, 5.41) is 1.51. The standard InChI is InChI=1S/C27H39NO4Si/c1-6-31-26(29)25(27(30)32-7-2)19-16-22-14-17-23(18-15-22)28(3)20-11-21-33(4,5)24-12-9-8-10-13-24/h8-10,12-15,17-18,25H,6-7,11,16,19-21H2,1-5H3. The zero-order valence-electron chi connectivity index (χ0n) is 20.8. The summed E-state index contributed by atoms with van der Waals surface area (Å²) in [6.07, 6.45) is 2.16. The van der Waals surface area contributed by atoms with Gasteiger partial charge in [-0.15, -0.1) is 0 Å². The molecule has 0 radical (unpaired) electrons. The van der Waals surface area contributed by atoms with Crippen molar-refractivity contribution in [1.29, 1.82) is 0 Å². The normalized spacial score (nSPS) is 11.3. The summed E-state index contributed by atoms with van der Waals surface area (Å²) in [4.78, 5) is 26.6. The van der Waals surface area contributed by atoms with Crippen LogP contribution in [0.2, 0.25) is 19.1 Å². The number of carbonyl (C=O) groups excluding carboxylic acids is 2. The Morgan fingerprint density at radius 1 is 0.909 bits per heavy atom. The largest absolute Gasteiger partial charge is 0.465 e. The van der Waals surface area contributed by atoms with Gasteiger partial charge < -0.3 is 14.4 Å². The maximum Gasteiger partial charge on any atom is 0.320 e. The van der Waals surface area contributed by atoms with Gasteiger partial charge >= 0.3 is 11.9 Å². The Hall–Kier alpha value is -2.60. The van der Waals surface area contributed by atoms with Crippen molar-refractivity contribution < 1.29 is 19.1 Å². The highest BCUT2D eigenvalue weighted by Crippen LogP contribution is 2.20. The van der Waals surface area contributed by atoms with Gasteiger partial charge in [0.05, 0.1) is 21.3 Å². The van der Waals surface area contributed by atoms with E-state index in [0.717, 1.165) is 18.5 Å².